The molecule has 2 aliphatic rings. The molecular formula is C53H32N2O. The minimum atomic E-state index is -0.570. The van der Waals surface area contributed by atoms with Crippen molar-refractivity contribution in [1.82, 2.24) is 9.97 Å². The molecule has 0 fully saturated rings. The van der Waals surface area contributed by atoms with E-state index in [1.165, 1.54) is 55.6 Å². The number of furan rings is 1. The molecule has 260 valence electrons. The van der Waals surface area contributed by atoms with Crippen molar-refractivity contribution >= 4 is 21.9 Å². The van der Waals surface area contributed by atoms with Crippen LogP contribution < -0.4 is 0 Å². The molecule has 3 nitrogen and oxygen atoms in total. The lowest BCUT2D eigenvalue weighted by Gasteiger charge is -2.35. The first-order valence-electron chi connectivity index (χ1n) is 19.2. The van der Waals surface area contributed by atoms with E-state index >= 15 is 0 Å². The number of rotatable bonds is 3. The Labute approximate surface area is 324 Å². The van der Waals surface area contributed by atoms with Gasteiger partial charge in [0.1, 0.15) is 11.2 Å². The monoisotopic (exact) mass is 712 g/mol. The van der Waals surface area contributed by atoms with E-state index in [-0.39, 0.29) is 0 Å². The molecular weight excluding hydrogens is 681 g/mol. The van der Waals surface area contributed by atoms with Gasteiger partial charge in [-0.1, -0.05) is 158 Å². The number of para-hydroxylation sites is 1. The van der Waals surface area contributed by atoms with Crippen molar-refractivity contribution in [2.45, 2.75) is 5.41 Å². The van der Waals surface area contributed by atoms with E-state index in [1.807, 2.05) is 24.3 Å². The molecule has 0 bridgehead atoms. The third-order valence-electron chi connectivity index (χ3n) is 11.9. The first-order valence-corrected chi connectivity index (χ1v) is 19.2. The van der Waals surface area contributed by atoms with Gasteiger partial charge in [0.2, 0.25) is 0 Å². The zero-order valence-electron chi connectivity index (χ0n) is 30.3. The van der Waals surface area contributed by atoms with Gasteiger partial charge >= 0.3 is 0 Å². The molecule has 0 unspecified atom stereocenters. The van der Waals surface area contributed by atoms with Gasteiger partial charge in [0, 0.05) is 27.5 Å². The summed E-state index contributed by atoms with van der Waals surface area (Å²) in [6.45, 7) is 0. The van der Waals surface area contributed by atoms with Crippen LogP contribution in [0.1, 0.15) is 22.3 Å². The molecule has 56 heavy (non-hydrogen) atoms. The van der Waals surface area contributed by atoms with E-state index in [1.54, 1.807) is 0 Å². The molecule has 2 heterocycles. The Morgan fingerprint density at radius 1 is 0.321 bits per heavy atom. The fourth-order valence-corrected chi connectivity index (χ4v) is 9.55. The van der Waals surface area contributed by atoms with Crippen molar-refractivity contribution in [2.75, 3.05) is 0 Å². The van der Waals surface area contributed by atoms with Crippen molar-refractivity contribution in [3.05, 3.63) is 216 Å². The number of fused-ring (bicyclic) bond motifs is 15. The van der Waals surface area contributed by atoms with Crippen molar-refractivity contribution < 1.29 is 4.42 Å². The normalized spacial score (nSPS) is 13.1. The van der Waals surface area contributed by atoms with Crippen molar-refractivity contribution in [3.8, 4) is 67.3 Å². The van der Waals surface area contributed by atoms with Crippen molar-refractivity contribution in [1.29, 1.82) is 0 Å². The average molecular weight is 713 g/mol. The van der Waals surface area contributed by atoms with E-state index in [4.69, 9.17) is 14.4 Å². The Bertz CT molecular complexity index is 3170. The lowest BCUT2D eigenvalue weighted by Crippen LogP contribution is -2.29. The summed E-state index contributed by atoms with van der Waals surface area (Å²) in [6, 6.07) is 69.9. The van der Waals surface area contributed by atoms with Gasteiger partial charge in [0.05, 0.1) is 16.8 Å². The van der Waals surface area contributed by atoms with E-state index in [0.29, 0.717) is 5.82 Å². The minimum Gasteiger partial charge on any atom is -0.456 e. The maximum atomic E-state index is 6.20. The largest absolute Gasteiger partial charge is 0.456 e. The summed E-state index contributed by atoms with van der Waals surface area (Å²) in [6.07, 6.45) is 0. The van der Waals surface area contributed by atoms with Crippen molar-refractivity contribution in [3.63, 3.8) is 0 Å². The van der Waals surface area contributed by atoms with Gasteiger partial charge in [-0.25, -0.2) is 9.97 Å². The first kappa shape index (κ1) is 31.0. The zero-order valence-corrected chi connectivity index (χ0v) is 30.3. The molecule has 10 aromatic rings. The van der Waals surface area contributed by atoms with Gasteiger partial charge < -0.3 is 4.42 Å². The van der Waals surface area contributed by atoms with Crippen LogP contribution in [0.3, 0.4) is 0 Å². The molecule has 8 aromatic carbocycles. The van der Waals surface area contributed by atoms with Crippen LogP contribution in [0, 0.1) is 0 Å². The zero-order chi connectivity index (χ0) is 36.8. The molecule has 3 heteroatoms. The van der Waals surface area contributed by atoms with Gasteiger partial charge in [0.15, 0.2) is 5.82 Å². The minimum absolute atomic E-state index is 0.570. The maximum absolute atomic E-state index is 6.20. The maximum Gasteiger partial charge on any atom is 0.160 e. The Kier molecular flexibility index (Phi) is 6.55. The summed E-state index contributed by atoms with van der Waals surface area (Å²) in [7, 11) is 0. The summed E-state index contributed by atoms with van der Waals surface area (Å²) < 4.78 is 6.20. The van der Waals surface area contributed by atoms with Crippen LogP contribution in [-0.4, -0.2) is 9.97 Å². The second kappa shape index (κ2) is 11.8. The van der Waals surface area contributed by atoms with Crippen LogP contribution in [0.4, 0.5) is 0 Å². The van der Waals surface area contributed by atoms with Crippen LogP contribution in [0.15, 0.2) is 199 Å². The fraction of sp³-hybridized carbons (Fsp3) is 0.0189. The van der Waals surface area contributed by atoms with Gasteiger partial charge in [-0.15, -0.1) is 0 Å². The quantitative estimate of drug-likeness (QED) is 0.183. The molecule has 2 aromatic heterocycles. The summed E-state index contributed by atoms with van der Waals surface area (Å²) in [4.78, 5) is 10.6. The molecule has 0 atom stereocenters. The summed E-state index contributed by atoms with van der Waals surface area (Å²) in [5, 5.41) is 2.13. The van der Waals surface area contributed by atoms with Crippen LogP contribution in [0.25, 0.3) is 89.2 Å². The lowest BCUT2D eigenvalue weighted by atomic mass is 9.65. The third-order valence-corrected chi connectivity index (χ3v) is 11.9. The molecule has 0 aliphatic heterocycles. The Morgan fingerprint density at radius 2 is 0.821 bits per heavy atom. The van der Waals surface area contributed by atoms with Crippen molar-refractivity contribution in [2.24, 2.45) is 0 Å². The Hall–Kier alpha value is -7.36. The lowest BCUT2D eigenvalue weighted by molar-refractivity contribution is 0.669. The average Bonchev–Trinajstić information content (AvgIpc) is 3.76. The molecule has 2 aliphatic carbocycles. The predicted octanol–water partition coefficient (Wildman–Crippen LogP) is 13.4. The van der Waals surface area contributed by atoms with Crippen LogP contribution in [0.5, 0.6) is 0 Å². The SMILES string of the molecule is c1ccc(-c2cc(-c3ccc4c(c3)C3(c5ccccc5-c5ccccc5-4)c4ccccc4-c4ccccc43)nc(-c3ccc4oc5ccccc5c4c3)n2)cc1. The molecule has 0 radical (unpaired) electrons. The molecule has 0 saturated carbocycles. The summed E-state index contributed by atoms with van der Waals surface area (Å²) in [5.74, 6) is 0.672. The number of hydrogen-bond acceptors (Lipinski definition) is 3. The number of nitrogens with zero attached hydrogens (tertiary/aromatic N) is 2. The van der Waals surface area contributed by atoms with Crippen LogP contribution in [-0.2, 0) is 5.41 Å². The fourth-order valence-electron chi connectivity index (χ4n) is 9.55. The molecule has 12 rings (SSSR count). The molecule has 0 N–H and O–H groups in total. The second-order valence-electron chi connectivity index (χ2n) is 14.8. The number of hydrogen-bond donors (Lipinski definition) is 0. The van der Waals surface area contributed by atoms with Gasteiger partial charge in [0.25, 0.3) is 0 Å². The highest BCUT2D eigenvalue weighted by Gasteiger charge is 2.49. The van der Waals surface area contributed by atoms with E-state index in [0.717, 1.165) is 50.0 Å². The topological polar surface area (TPSA) is 38.9 Å². The van der Waals surface area contributed by atoms with E-state index in [2.05, 4.69) is 170 Å². The molecule has 0 saturated heterocycles. The number of aromatic nitrogens is 2. The Morgan fingerprint density at radius 3 is 1.50 bits per heavy atom. The highest BCUT2D eigenvalue weighted by atomic mass is 16.3. The van der Waals surface area contributed by atoms with Gasteiger partial charge in [-0.2, -0.15) is 0 Å². The predicted molar refractivity (Wildman–Crippen MR) is 227 cm³/mol. The first-order chi connectivity index (χ1) is 27.8. The summed E-state index contributed by atoms with van der Waals surface area (Å²) in [5.41, 5.74) is 18.6. The third kappa shape index (κ3) is 4.34. The standard InChI is InChI=1S/C53H32N2O/c1-2-14-33(15-3-1)48-32-49(55-52(54-48)35-27-29-51-43(30-35)42-21-9-13-25-50(42)56-51)34-26-28-41-37-17-5-4-16-36(37)38-18-6-10-22-44(38)53(47(41)31-34)45-23-11-7-19-39(45)40-20-8-12-24-46(40)53/h1-32H. The highest BCUT2D eigenvalue weighted by Crippen LogP contribution is 2.61. The second-order valence-corrected chi connectivity index (χ2v) is 14.8. The van der Waals surface area contributed by atoms with E-state index < -0.39 is 5.41 Å². The molecule has 1 spiro atoms. The smallest absolute Gasteiger partial charge is 0.160 e. The van der Waals surface area contributed by atoms with Gasteiger partial charge in [-0.3, -0.25) is 0 Å². The summed E-state index contributed by atoms with van der Waals surface area (Å²) >= 11 is 0. The highest BCUT2D eigenvalue weighted by molar-refractivity contribution is 6.06. The number of benzene rings is 8. The van der Waals surface area contributed by atoms with Crippen LogP contribution >= 0.6 is 0 Å². The van der Waals surface area contributed by atoms with Gasteiger partial charge in [-0.05, 0) is 92.0 Å². The Balaban J connectivity index is 1.16. The van der Waals surface area contributed by atoms with Crippen LogP contribution in [0.2, 0.25) is 0 Å². The van der Waals surface area contributed by atoms with E-state index in [9.17, 15) is 0 Å². The molecule has 0 amide bonds.